The lowest BCUT2D eigenvalue weighted by Crippen LogP contribution is -2.16. The van der Waals surface area contributed by atoms with E-state index in [1.54, 1.807) is 13.2 Å². The number of ketones is 1. The van der Waals surface area contributed by atoms with E-state index in [1.165, 1.54) is 6.08 Å². The summed E-state index contributed by atoms with van der Waals surface area (Å²) in [6, 6.07) is 13.2. The molecule has 7 heteroatoms. The Morgan fingerprint density at radius 1 is 1.03 bits per heavy atom. The fraction of sp³-hybridized carbons (Fsp3) is 0.321. The molecular formula is C28H31N3O4. The number of carbonyl (C=O) groups excluding carboxylic acids is 2. The van der Waals surface area contributed by atoms with Crippen molar-refractivity contribution in [2.45, 2.75) is 47.6 Å². The van der Waals surface area contributed by atoms with Gasteiger partial charge >= 0.3 is 5.97 Å². The van der Waals surface area contributed by atoms with E-state index in [0.29, 0.717) is 5.56 Å². The van der Waals surface area contributed by atoms with Crippen molar-refractivity contribution in [3.05, 3.63) is 75.9 Å². The molecule has 0 aliphatic heterocycles. The molecule has 0 aliphatic carbocycles. The largest absolute Gasteiger partial charge is 0.497 e. The summed E-state index contributed by atoms with van der Waals surface area (Å²) < 4.78 is 14.6. The highest BCUT2D eigenvalue weighted by Gasteiger charge is 2.20. The molecule has 0 aliphatic rings. The van der Waals surface area contributed by atoms with Crippen molar-refractivity contribution in [2.24, 2.45) is 0 Å². The molecule has 0 radical (unpaired) electrons. The molecule has 3 rings (SSSR count). The van der Waals surface area contributed by atoms with Crippen molar-refractivity contribution < 1.29 is 19.1 Å². The number of ether oxygens (including phenoxy) is 2. The van der Waals surface area contributed by atoms with Gasteiger partial charge in [0.15, 0.2) is 6.61 Å². The first-order valence-electron chi connectivity index (χ1n) is 11.5. The van der Waals surface area contributed by atoms with E-state index < -0.39 is 12.6 Å². The smallest absolute Gasteiger partial charge is 0.349 e. The number of hydrogen-bond acceptors (Lipinski definition) is 5. The van der Waals surface area contributed by atoms with Crippen LogP contribution in [0.15, 0.2) is 42.0 Å². The Labute approximate surface area is 206 Å². The molecule has 0 spiro atoms. The average molecular weight is 474 g/mol. The molecule has 3 aromatic rings. The predicted octanol–water partition coefficient (Wildman–Crippen LogP) is 5.26. The fourth-order valence-corrected chi connectivity index (χ4v) is 4.29. The summed E-state index contributed by atoms with van der Waals surface area (Å²) in [6.07, 6.45) is 2.50. The average Bonchev–Trinajstić information content (AvgIpc) is 3.30. The topological polar surface area (TPSA) is 86.3 Å². The normalized spacial score (nSPS) is 11.3. The summed E-state index contributed by atoms with van der Waals surface area (Å²) >= 11 is 0. The molecule has 0 saturated carbocycles. The van der Waals surface area contributed by atoms with Gasteiger partial charge in [-0.1, -0.05) is 6.92 Å². The van der Waals surface area contributed by atoms with Crippen molar-refractivity contribution in [2.75, 3.05) is 13.7 Å². The van der Waals surface area contributed by atoms with Gasteiger partial charge in [0, 0.05) is 40.6 Å². The number of methoxy groups -OCH3 is 1. The van der Waals surface area contributed by atoms with Crippen molar-refractivity contribution in [3.8, 4) is 17.5 Å². The van der Waals surface area contributed by atoms with Gasteiger partial charge in [0.05, 0.1) is 7.11 Å². The molecular weight excluding hydrogens is 442 g/mol. The minimum Gasteiger partial charge on any atom is -0.497 e. The lowest BCUT2D eigenvalue weighted by molar-refractivity contribution is -0.137. The monoisotopic (exact) mass is 473 g/mol. The Bertz CT molecular complexity index is 1320. The van der Waals surface area contributed by atoms with Gasteiger partial charge in [-0.15, -0.1) is 0 Å². The number of Topliss-reactive ketones (excluding diaryl/α,β-unsaturated/α-hetero) is 1. The van der Waals surface area contributed by atoms with Crippen molar-refractivity contribution in [1.29, 1.82) is 5.26 Å². The molecule has 0 saturated heterocycles. The van der Waals surface area contributed by atoms with Gasteiger partial charge in [-0.2, -0.15) is 5.26 Å². The van der Waals surface area contributed by atoms with Crippen molar-refractivity contribution >= 4 is 17.8 Å². The van der Waals surface area contributed by atoms with Crippen LogP contribution in [0.3, 0.4) is 0 Å². The van der Waals surface area contributed by atoms with Gasteiger partial charge in [-0.3, -0.25) is 4.79 Å². The first-order valence-corrected chi connectivity index (χ1v) is 11.5. The van der Waals surface area contributed by atoms with Crippen LogP contribution in [0.4, 0.5) is 0 Å². The number of esters is 1. The summed E-state index contributed by atoms with van der Waals surface area (Å²) in [4.78, 5) is 25.5. The molecule has 2 aromatic heterocycles. The maximum Gasteiger partial charge on any atom is 0.349 e. The van der Waals surface area contributed by atoms with Crippen LogP contribution >= 0.6 is 0 Å². The molecule has 35 heavy (non-hydrogen) atoms. The van der Waals surface area contributed by atoms with Crippen LogP contribution in [0.25, 0.3) is 11.8 Å². The number of nitriles is 1. The van der Waals surface area contributed by atoms with Crippen LogP contribution in [-0.2, 0) is 16.1 Å². The second kappa shape index (κ2) is 10.9. The molecule has 0 N–H and O–H groups in total. The Hall–Kier alpha value is -4.05. The fourth-order valence-electron chi connectivity index (χ4n) is 4.29. The van der Waals surface area contributed by atoms with E-state index in [0.717, 1.165) is 52.7 Å². The zero-order valence-electron chi connectivity index (χ0n) is 21.1. The lowest BCUT2D eigenvalue weighted by Gasteiger charge is -2.11. The summed E-state index contributed by atoms with van der Waals surface area (Å²) in [5.74, 6) is -0.400. The van der Waals surface area contributed by atoms with E-state index in [2.05, 4.69) is 11.5 Å². The van der Waals surface area contributed by atoms with E-state index in [4.69, 9.17) is 9.47 Å². The van der Waals surface area contributed by atoms with Crippen LogP contribution in [-0.4, -0.2) is 34.6 Å². The number of aryl methyl sites for hydroxylation is 2. The number of aromatic nitrogens is 2. The summed E-state index contributed by atoms with van der Waals surface area (Å²) in [6.45, 7) is 10.2. The molecule has 2 heterocycles. The van der Waals surface area contributed by atoms with Crippen molar-refractivity contribution in [1.82, 2.24) is 9.13 Å². The zero-order valence-corrected chi connectivity index (χ0v) is 21.1. The van der Waals surface area contributed by atoms with Gasteiger partial charge in [-0.25, -0.2) is 4.79 Å². The third-order valence-electron chi connectivity index (χ3n) is 6.10. The minimum atomic E-state index is -0.815. The molecule has 182 valence electrons. The SMILES string of the molecule is CCCn1c(C)cc(C=C(C#N)C(=O)OCC(=O)c2cc(C)n(-c3ccc(OC)cc3)c2C)c1C. The highest BCUT2D eigenvalue weighted by atomic mass is 16.5. The van der Waals surface area contributed by atoms with E-state index in [1.807, 2.05) is 68.7 Å². The van der Waals surface area contributed by atoms with Crippen LogP contribution in [0.5, 0.6) is 5.75 Å². The highest BCUT2D eigenvalue weighted by Crippen LogP contribution is 2.24. The first kappa shape index (κ1) is 25.6. The lowest BCUT2D eigenvalue weighted by atomic mass is 10.1. The molecule has 0 atom stereocenters. The molecule has 0 fully saturated rings. The number of carbonyl (C=O) groups is 2. The van der Waals surface area contributed by atoms with Gasteiger partial charge in [0.1, 0.15) is 17.4 Å². The second-order valence-corrected chi connectivity index (χ2v) is 8.47. The van der Waals surface area contributed by atoms with Crippen molar-refractivity contribution in [3.63, 3.8) is 0 Å². The first-order chi connectivity index (χ1) is 16.7. The molecule has 0 bridgehead atoms. The maximum atomic E-state index is 12.9. The van der Waals surface area contributed by atoms with Crippen LogP contribution in [0.2, 0.25) is 0 Å². The third kappa shape index (κ3) is 5.38. The third-order valence-corrected chi connectivity index (χ3v) is 6.10. The Kier molecular flexibility index (Phi) is 7.98. The van der Waals surface area contributed by atoms with Gasteiger partial charge in [0.25, 0.3) is 0 Å². The Morgan fingerprint density at radius 2 is 1.71 bits per heavy atom. The number of hydrogen-bond donors (Lipinski definition) is 0. The van der Waals surface area contributed by atoms with Crippen LogP contribution < -0.4 is 4.74 Å². The maximum absolute atomic E-state index is 12.9. The number of nitrogens with zero attached hydrogens (tertiary/aromatic N) is 3. The standard InChI is InChI=1S/C28H31N3O4/c1-7-12-30-18(2)13-22(20(30)4)15-23(16-29)28(33)35-17-27(32)26-14-19(3)31(21(26)5)24-8-10-25(34-6)11-9-24/h8-11,13-15H,7,12,17H2,1-6H3. The highest BCUT2D eigenvalue weighted by molar-refractivity contribution is 6.02. The Morgan fingerprint density at radius 3 is 2.31 bits per heavy atom. The van der Waals surface area contributed by atoms with E-state index in [-0.39, 0.29) is 11.4 Å². The van der Waals surface area contributed by atoms with Crippen LogP contribution in [0, 0.1) is 39.0 Å². The zero-order chi connectivity index (χ0) is 25.7. The van der Waals surface area contributed by atoms with E-state index >= 15 is 0 Å². The minimum absolute atomic E-state index is 0.141. The van der Waals surface area contributed by atoms with Gasteiger partial charge < -0.3 is 18.6 Å². The van der Waals surface area contributed by atoms with E-state index in [9.17, 15) is 14.9 Å². The molecule has 1 aromatic carbocycles. The summed E-state index contributed by atoms with van der Waals surface area (Å²) in [5.41, 5.74) is 5.67. The van der Waals surface area contributed by atoms with Gasteiger partial charge in [-0.05, 0) is 82.2 Å². The number of benzene rings is 1. The molecule has 7 nitrogen and oxygen atoms in total. The second-order valence-electron chi connectivity index (χ2n) is 8.47. The molecule has 0 amide bonds. The quantitative estimate of drug-likeness (QED) is 0.183. The van der Waals surface area contributed by atoms with Gasteiger partial charge in [0.2, 0.25) is 5.78 Å². The molecule has 0 unspecified atom stereocenters. The Balaban J connectivity index is 1.75. The van der Waals surface area contributed by atoms with Crippen LogP contribution in [0.1, 0.15) is 52.0 Å². The summed E-state index contributed by atoms with van der Waals surface area (Å²) in [7, 11) is 1.61. The summed E-state index contributed by atoms with van der Waals surface area (Å²) in [5, 5.41) is 9.53. The predicted molar refractivity (Wildman–Crippen MR) is 135 cm³/mol. The number of rotatable bonds is 9.